The van der Waals surface area contributed by atoms with Gasteiger partial charge in [-0.05, 0) is 13.0 Å². The van der Waals surface area contributed by atoms with Crippen LogP contribution in [0.3, 0.4) is 0 Å². The van der Waals surface area contributed by atoms with Crippen molar-refractivity contribution < 1.29 is 14.3 Å². The van der Waals surface area contributed by atoms with E-state index >= 15 is 0 Å². The van der Waals surface area contributed by atoms with Crippen molar-refractivity contribution in [3.63, 3.8) is 0 Å². The van der Waals surface area contributed by atoms with Crippen molar-refractivity contribution in [2.75, 3.05) is 14.2 Å². The molecule has 98 valence electrons. The summed E-state index contributed by atoms with van der Waals surface area (Å²) in [5.41, 5.74) is 0.982. The molecule has 18 heavy (non-hydrogen) atoms. The van der Waals surface area contributed by atoms with E-state index in [4.69, 9.17) is 9.47 Å². The zero-order valence-electron chi connectivity index (χ0n) is 11.0. The predicted molar refractivity (Wildman–Crippen MR) is 70.5 cm³/mol. The van der Waals surface area contributed by atoms with Crippen molar-refractivity contribution in [1.82, 2.24) is 5.32 Å². The maximum Gasteiger partial charge on any atom is 0.326 e. The molecule has 1 aromatic carbocycles. The van der Waals surface area contributed by atoms with Crippen molar-refractivity contribution in [3.8, 4) is 5.75 Å². The van der Waals surface area contributed by atoms with E-state index < -0.39 is 6.04 Å². The van der Waals surface area contributed by atoms with Gasteiger partial charge in [-0.2, -0.15) is 0 Å². The van der Waals surface area contributed by atoms with Crippen LogP contribution in [0.25, 0.3) is 0 Å². The highest BCUT2D eigenvalue weighted by Gasteiger charge is 2.19. The van der Waals surface area contributed by atoms with E-state index in [1.165, 1.54) is 13.2 Å². The Balaban J connectivity index is 2.83. The maximum absolute atomic E-state index is 11.5. The van der Waals surface area contributed by atoms with Gasteiger partial charge >= 0.3 is 5.97 Å². The van der Waals surface area contributed by atoms with Gasteiger partial charge in [-0.25, -0.2) is 0 Å². The molecular weight excluding hydrogens is 230 g/mol. The summed E-state index contributed by atoms with van der Waals surface area (Å²) in [6.45, 7) is 5.58. The maximum atomic E-state index is 11.5. The average molecular weight is 249 g/mol. The first-order chi connectivity index (χ1) is 8.63. The Kier molecular flexibility index (Phi) is 5.39. The number of rotatable bonds is 6. The van der Waals surface area contributed by atoms with Crippen LogP contribution in [-0.2, 0) is 9.53 Å². The van der Waals surface area contributed by atoms with E-state index in [1.54, 1.807) is 7.11 Å². The van der Waals surface area contributed by atoms with E-state index in [-0.39, 0.29) is 12.0 Å². The van der Waals surface area contributed by atoms with Crippen LogP contribution in [0.15, 0.2) is 36.9 Å². The zero-order valence-corrected chi connectivity index (χ0v) is 11.0. The third-order valence-electron chi connectivity index (χ3n) is 2.73. The van der Waals surface area contributed by atoms with Crippen LogP contribution in [0.4, 0.5) is 0 Å². The van der Waals surface area contributed by atoms with Gasteiger partial charge in [0.1, 0.15) is 11.8 Å². The molecule has 4 heteroatoms. The fourth-order valence-corrected chi connectivity index (χ4v) is 1.74. The molecule has 2 atom stereocenters. The lowest BCUT2D eigenvalue weighted by molar-refractivity contribution is -0.141. The first kappa shape index (κ1) is 14.3. The third kappa shape index (κ3) is 3.34. The average Bonchev–Trinajstić information content (AvgIpc) is 2.43. The molecule has 0 aromatic heterocycles. The van der Waals surface area contributed by atoms with Crippen LogP contribution in [0.1, 0.15) is 18.5 Å². The van der Waals surface area contributed by atoms with E-state index in [2.05, 4.69) is 11.9 Å². The molecule has 0 aliphatic heterocycles. The molecule has 0 bridgehead atoms. The zero-order chi connectivity index (χ0) is 13.5. The Morgan fingerprint density at radius 3 is 2.61 bits per heavy atom. The van der Waals surface area contributed by atoms with Crippen molar-refractivity contribution in [2.45, 2.75) is 19.0 Å². The smallest absolute Gasteiger partial charge is 0.326 e. The molecule has 0 radical (unpaired) electrons. The number of hydrogen-bond acceptors (Lipinski definition) is 4. The second-order valence-corrected chi connectivity index (χ2v) is 3.87. The molecule has 0 saturated heterocycles. The summed E-state index contributed by atoms with van der Waals surface area (Å²) >= 11 is 0. The molecule has 0 fully saturated rings. The molecule has 1 aromatic rings. The highest BCUT2D eigenvalue weighted by Crippen LogP contribution is 2.24. The largest absolute Gasteiger partial charge is 0.496 e. The highest BCUT2D eigenvalue weighted by atomic mass is 16.5. The summed E-state index contributed by atoms with van der Waals surface area (Å²) < 4.78 is 9.98. The molecule has 0 aliphatic rings. The second kappa shape index (κ2) is 6.81. The number of benzene rings is 1. The van der Waals surface area contributed by atoms with E-state index in [9.17, 15) is 4.79 Å². The van der Waals surface area contributed by atoms with Crippen molar-refractivity contribution in [2.24, 2.45) is 0 Å². The number of methoxy groups -OCH3 is 2. The molecule has 1 unspecified atom stereocenters. The van der Waals surface area contributed by atoms with Gasteiger partial charge in [-0.3, -0.25) is 10.1 Å². The molecule has 0 spiro atoms. The molecular formula is C14H19NO3. The Morgan fingerprint density at radius 2 is 2.06 bits per heavy atom. The summed E-state index contributed by atoms with van der Waals surface area (Å²) in [5, 5.41) is 3.14. The van der Waals surface area contributed by atoms with Crippen LogP contribution in [0.2, 0.25) is 0 Å². The van der Waals surface area contributed by atoms with Gasteiger partial charge < -0.3 is 9.47 Å². The summed E-state index contributed by atoms with van der Waals surface area (Å²) in [6.07, 6.45) is 1.53. The normalized spacial score (nSPS) is 13.5. The minimum atomic E-state index is -0.532. The van der Waals surface area contributed by atoms with Crippen LogP contribution in [-0.4, -0.2) is 26.2 Å². The fourth-order valence-electron chi connectivity index (χ4n) is 1.74. The number of carbonyl (C=O) groups excluding carboxylic acids is 1. The van der Waals surface area contributed by atoms with Gasteiger partial charge in [0.25, 0.3) is 0 Å². The molecule has 0 aliphatic carbocycles. The van der Waals surface area contributed by atoms with Gasteiger partial charge in [0.05, 0.1) is 14.2 Å². The molecule has 0 saturated carbocycles. The van der Waals surface area contributed by atoms with Gasteiger partial charge in [0.2, 0.25) is 0 Å². The SMILES string of the molecule is C=CC(N[C@H](C)c1ccccc1OC)C(=O)OC. The molecule has 1 N–H and O–H groups in total. The van der Waals surface area contributed by atoms with Gasteiger partial charge in [-0.15, -0.1) is 6.58 Å². The third-order valence-corrected chi connectivity index (χ3v) is 2.73. The number of ether oxygens (including phenoxy) is 2. The van der Waals surface area contributed by atoms with E-state index in [0.29, 0.717) is 0 Å². The van der Waals surface area contributed by atoms with E-state index in [1.807, 2.05) is 31.2 Å². The van der Waals surface area contributed by atoms with Gasteiger partial charge in [-0.1, -0.05) is 24.3 Å². The number of hydrogen-bond donors (Lipinski definition) is 1. The quantitative estimate of drug-likeness (QED) is 0.619. The lowest BCUT2D eigenvalue weighted by Gasteiger charge is -2.20. The van der Waals surface area contributed by atoms with Crippen LogP contribution in [0, 0.1) is 0 Å². The fraction of sp³-hybridized carbons (Fsp3) is 0.357. The standard InChI is InChI=1S/C14H19NO3/c1-5-12(14(16)18-4)15-10(2)11-8-6-7-9-13(11)17-3/h5-10,12,15H,1H2,2-4H3/t10-,12?/m1/s1. The monoisotopic (exact) mass is 249 g/mol. The number of nitrogens with one attached hydrogen (secondary N) is 1. The summed E-state index contributed by atoms with van der Waals surface area (Å²) in [6, 6.07) is 7.08. The van der Waals surface area contributed by atoms with Crippen LogP contribution >= 0.6 is 0 Å². The lowest BCUT2D eigenvalue weighted by atomic mass is 10.1. The van der Waals surface area contributed by atoms with Gasteiger partial charge in [0.15, 0.2) is 0 Å². The van der Waals surface area contributed by atoms with Gasteiger partial charge in [0, 0.05) is 11.6 Å². The summed E-state index contributed by atoms with van der Waals surface area (Å²) in [4.78, 5) is 11.5. The molecule has 4 nitrogen and oxygen atoms in total. The Labute approximate surface area is 108 Å². The van der Waals surface area contributed by atoms with Crippen LogP contribution in [0.5, 0.6) is 5.75 Å². The summed E-state index contributed by atoms with van der Waals surface area (Å²) in [5.74, 6) is 0.428. The topological polar surface area (TPSA) is 47.6 Å². The van der Waals surface area contributed by atoms with E-state index in [0.717, 1.165) is 11.3 Å². The highest BCUT2D eigenvalue weighted by molar-refractivity contribution is 5.77. The first-order valence-corrected chi connectivity index (χ1v) is 5.73. The van der Waals surface area contributed by atoms with Crippen molar-refractivity contribution in [3.05, 3.63) is 42.5 Å². The summed E-state index contributed by atoms with van der Waals surface area (Å²) in [7, 11) is 2.98. The minimum absolute atomic E-state index is 0.0525. The first-order valence-electron chi connectivity index (χ1n) is 5.73. The van der Waals surface area contributed by atoms with Crippen molar-refractivity contribution in [1.29, 1.82) is 0 Å². The van der Waals surface area contributed by atoms with Crippen LogP contribution < -0.4 is 10.1 Å². The molecule has 0 heterocycles. The minimum Gasteiger partial charge on any atom is -0.496 e. The van der Waals surface area contributed by atoms with Crippen molar-refractivity contribution >= 4 is 5.97 Å². The predicted octanol–water partition coefficient (Wildman–Crippen LogP) is 2.07. The second-order valence-electron chi connectivity index (χ2n) is 3.87. The molecule has 1 rings (SSSR count). The Morgan fingerprint density at radius 1 is 1.39 bits per heavy atom. The Bertz CT molecular complexity index is 417. The number of para-hydroxylation sites is 1. The Hall–Kier alpha value is -1.81. The molecule has 0 amide bonds. The number of esters is 1. The number of carbonyl (C=O) groups is 1. The lowest BCUT2D eigenvalue weighted by Crippen LogP contribution is -2.37.